The first-order valence-corrected chi connectivity index (χ1v) is 9.35. The van der Waals surface area contributed by atoms with Crippen LogP contribution in [-0.2, 0) is 14.6 Å². The molecule has 2 aromatic carbocycles. The van der Waals surface area contributed by atoms with Crippen molar-refractivity contribution in [2.45, 2.75) is 17.9 Å². The molecule has 0 N–H and O–H groups in total. The number of hydrogen-bond donors (Lipinski definition) is 0. The molecule has 1 aliphatic heterocycles. The molecule has 5 heteroatoms. The Kier molecular flexibility index (Phi) is 4.28. The van der Waals surface area contributed by atoms with Gasteiger partial charge in [0.2, 0.25) is 0 Å². The number of sulfone groups is 1. The second-order valence-corrected chi connectivity index (χ2v) is 7.73. The van der Waals surface area contributed by atoms with Gasteiger partial charge in [0.15, 0.2) is 9.84 Å². The van der Waals surface area contributed by atoms with Crippen LogP contribution in [-0.4, -0.2) is 14.7 Å². The van der Waals surface area contributed by atoms with Crippen molar-refractivity contribution in [3.63, 3.8) is 0 Å². The zero-order chi connectivity index (χ0) is 17.3. The van der Waals surface area contributed by atoms with Crippen molar-refractivity contribution < 1.29 is 17.5 Å². The SMILES string of the molecule is CC1=CC=C(c2ccccc2F)C(c2ccc(S(C)(=O)=O)cc2)O1. The Hall–Kier alpha value is -2.40. The minimum atomic E-state index is -3.26. The Morgan fingerprint density at radius 3 is 2.29 bits per heavy atom. The lowest BCUT2D eigenvalue weighted by molar-refractivity contribution is 0.162. The molecular weight excluding hydrogens is 327 g/mol. The summed E-state index contributed by atoms with van der Waals surface area (Å²) in [4.78, 5) is 0.241. The van der Waals surface area contributed by atoms with Crippen LogP contribution < -0.4 is 0 Å². The Balaban J connectivity index is 2.04. The van der Waals surface area contributed by atoms with E-state index in [2.05, 4.69) is 0 Å². The molecule has 3 rings (SSSR count). The van der Waals surface area contributed by atoms with Crippen molar-refractivity contribution in [3.05, 3.63) is 83.4 Å². The topological polar surface area (TPSA) is 43.4 Å². The van der Waals surface area contributed by atoms with E-state index >= 15 is 0 Å². The fraction of sp³-hybridized carbons (Fsp3) is 0.158. The molecule has 0 amide bonds. The highest BCUT2D eigenvalue weighted by molar-refractivity contribution is 7.90. The summed E-state index contributed by atoms with van der Waals surface area (Å²) in [6.45, 7) is 1.83. The Morgan fingerprint density at radius 1 is 1.00 bits per heavy atom. The number of ether oxygens (including phenoxy) is 1. The monoisotopic (exact) mass is 344 g/mol. The molecule has 1 unspecified atom stereocenters. The summed E-state index contributed by atoms with van der Waals surface area (Å²) in [5, 5.41) is 0. The molecule has 24 heavy (non-hydrogen) atoms. The Labute approximate surface area is 141 Å². The van der Waals surface area contributed by atoms with Gasteiger partial charge in [-0.2, -0.15) is 0 Å². The zero-order valence-corrected chi connectivity index (χ0v) is 14.2. The molecule has 1 aliphatic rings. The minimum absolute atomic E-state index is 0.241. The predicted octanol–water partition coefficient (Wildman–Crippen LogP) is 4.29. The van der Waals surface area contributed by atoms with Crippen molar-refractivity contribution >= 4 is 15.4 Å². The first kappa shape index (κ1) is 16.5. The van der Waals surface area contributed by atoms with Crippen molar-refractivity contribution in [1.82, 2.24) is 0 Å². The molecule has 0 bridgehead atoms. The summed E-state index contributed by atoms with van der Waals surface area (Å²) in [7, 11) is -3.26. The van der Waals surface area contributed by atoms with Crippen LogP contribution in [0.4, 0.5) is 4.39 Å². The van der Waals surface area contributed by atoms with Gasteiger partial charge in [0, 0.05) is 17.4 Å². The maximum Gasteiger partial charge on any atom is 0.175 e. The molecule has 0 aromatic heterocycles. The number of benzene rings is 2. The van der Waals surface area contributed by atoms with Crippen LogP contribution in [0, 0.1) is 5.82 Å². The quantitative estimate of drug-likeness (QED) is 0.834. The van der Waals surface area contributed by atoms with Crippen LogP contribution in [0.2, 0.25) is 0 Å². The molecule has 0 saturated carbocycles. The first-order chi connectivity index (χ1) is 11.4. The first-order valence-electron chi connectivity index (χ1n) is 7.46. The van der Waals surface area contributed by atoms with Crippen molar-refractivity contribution in [3.8, 4) is 0 Å². The molecule has 0 radical (unpaired) electrons. The lowest BCUT2D eigenvalue weighted by Crippen LogP contribution is -2.10. The van der Waals surface area contributed by atoms with E-state index in [4.69, 9.17) is 4.74 Å². The van der Waals surface area contributed by atoms with Gasteiger partial charge in [0.25, 0.3) is 0 Å². The minimum Gasteiger partial charge on any atom is -0.486 e. The van der Waals surface area contributed by atoms with Gasteiger partial charge in [-0.1, -0.05) is 36.4 Å². The van der Waals surface area contributed by atoms with E-state index in [1.807, 2.05) is 13.0 Å². The maximum atomic E-state index is 14.2. The van der Waals surface area contributed by atoms with Gasteiger partial charge < -0.3 is 4.74 Å². The zero-order valence-electron chi connectivity index (χ0n) is 13.4. The highest BCUT2D eigenvalue weighted by Crippen LogP contribution is 2.38. The highest BCUT2D eigenvalue weighted by Gasteiger charge is 2.24. The Bertz CT molecular complexity index is 925. The fourth-order valence-corrected chi connectivity index (χ4v) is 3.28. The second kappa shape index (κ2) is 6.24. The van der Waals surface area contributed by atoms with Gasteiger partial charge in [-0.3, -0.25) is 0 Å². The standard InChI is InChI=1S/C19H17FO3S/c1-13-7-12-17(16-5-3-4-6-18(16)20)19(23-13)14-8-10-15(11-9-14)24(2,21)22/h3-12,19H,1-2H3. The van der Waals surface area contributed by atoms with E-state index < -0.39 is 15.9 Å². The summed E-state index contributed by atoms with van der Waals surface area (Å²) in [6.07, 6.45) is 4.31. The Morgan fingerprint density at radius 2 is 1.67 bits per heavy atom. The van der Waals surface area contributed by atoms with Crippen molar-refractivity contribution in [2.75, 3.05) is 6.26 Å². The van der Waals surface area contributed by atoms with Gasteiger partial charge in [0.05, 0.1) is 10.7 Å². The van der Waals surface area contributed by atoms with Gasteiger partial charge in [0.1, 0.15) is 11.9 Å². The lowest BCUT2D eigenvalue weighted by Gasteiger charge is -2.26. The van der Waals surface area contributed by atoms with E-state index in [0.29, 0.717) is 16.9 Å². The molecule has 2 aromatic rings. The van der Waals surface area contributed by atoms with E-state index in [9.17, 15) is 12.8 Å². The van der Waals surface area contributed by atoms with Crippen LogP contribution >= 0.6 is 0 Å². The molecule has 0 spiro atoms. The van der Waals surface area contributed by atoms with Gasteiger partial charge in [-0.25, -0.2) is 12.8 Å². The average molecular weight is 344 g/mol. The highest BCUT2D eigenvalue weighted by atomic mass is 32.2. The summed E-state index contributed by atoms with van der Waals surface area (Å²) in [5.74, 6) is 0.394. The van der Waals surface area contributed by atoms with Crippen LogP contribution in [0.5, 0.6) is 0 Å². The van der Waals surface area contributed by atoms with E-state index in [0.717, 1.165) is 11.8 Å². The predicted molar refractivity (Wildman–Crippen MR) is 91.5 cm³/mol. The summed E-state index contributed by atoms with van der Waals surface area (Å²) in [5.41, 5.74) is 1.94. The molecule has 0 fully saturated rings. The molecule has 0 saturated heterocycles. The summed E-state index contributed by atoms with van der Waals surface area (Å²) >= 11 is 0. The number of halogens is 1. The van der Waals surface area contributed by atoms with E-state index in [-0.39, 0.29) is 10.7 Å². The second-order valence-electron chi connectivity index (χ2n) is 5.72. The van der Waals surface area contributed by atoms with Crippen molar-refractivity contribution in [2.24, 2.45) is 0 Å². The number of rotatable bonds is 3. The number of hydrogen-bond acceptors (Lipinski definition) is 3. The normalized spacial score (nSPS) is 17.7. The third-order valence-corrected chi connectivity index (χ3v) is 5.01. The average Bonchev–Trinajstić information content (AvgIpc) is 2.55. The van der Waals surface area contributed by atoms with Crippen molar-refractivity contribution in [1.29, 1.82) is 0 Å². The molecule has 3 nitrogen and oxygen atoms in total. The molecular formula is C19H17FO3S. The van der Waals surface area contributed by atoms with Crippen LogP contribution in [0.25, 0.3) is 5.57 Å². The summed E-state index contributed by atoms with van der Waals surface area (Å²) in [6, 6.07) is 13.0. The molecule has 0 aliphatic carbocycles. The fourth-order valence-electron chi connectivity index (χ4n) is 2.65. The number of allylic oxidation sites excluding steroid dienone is 3. The van der Waals surface area contributed by atoms with Crippen LogP contribution in [0.15, 0.2) is 71.3 Å². The largest absolute Gasteiger partial charge is 0.486 e. The molecule has 1 heterocycles. The molecule has 124 valence electrons. The van der Waals surface area contributed by atoms with Gasteiger partial charge >= 0.3 is 0 Å². The van der Waals surface area contributed by atoms with E-state index in [1.165, 1.54) is 6.07 Å². The molecule has 1 atom stereocenters. The van der Waals surface area contributed by atoms with E-state index in [1.54, 1.807) is 48.5 Å². The lowest BCUT2D eigenvalue weighted by atomic mass is 9.93. The van der Waals surface area contributed by atoms with Gasteiger partial charge in [-0.05, 0) is 36.8 Å². The van der Waals surface area contributed by atoms with Crippen LogP contribution in [0.3, 0.4) is 0 Å². The van der Waals surface area contributed by atoms with Gasteiger partial charge in [-0.15, -0.1) is 0 Å². The van der Waals surface area contributed by atoms with Crippen LogP contribution in [0.1, 0.15) is 24.2 Å². The summed E-state index contributed by atoms with van der Waals surface area (Å²) < 4.78 is 43.3. The third-order valence-electron chi connectivity index (χ3n) is 3.88. The maximum absolute atomic E-state index is 14.2. The third kappa shape index (κ3) is 3.26. The smallest absolute Gasteiger partial charge is 0.175 e.